The molecule has 0 saturated heterocycles. The molecule has 0 spiro atoms. The highest BCUT2D eigenvalue weighted by Crippen LogP contribution is 2.44. The number of furan rings is 1. The molecule has 0 N–H and O–H groups in total. The minimum absolute atomic E-state index is 0.583. The van der Waals surface area contributed by atoms with Gasteiger partial charge in [-0.1, -0.05) is 133 Å². The van der Waals surface area contributed by atoms with Gasteiger partial charge in [-0.3, -0.25) is 0 Å². The van der Waals surface area contributed by atoms with Gasteiger partial charge in [-0.2, -0.15) is 0 Å². The summed E-state index contributed by atoms with van der Waals surface area (Å²) in [6, 6.07) is 69.2. The van der Waals surface area contributed by atoms with Crippen LogP contribution in [0, 0.1) is 0 Å². The second-order valence-corrected chi connectivity index (χ2v) is 17.4. The molecule has 14 aromatic rings. The quantitative estimate of drug-likeness (QED) is 0.177. The summed E-state index contributed by atoms with van der Waals surface area (Å²) in [5, 5.41) is 13.9. The van der Waals surface area contributed by atoms with Crippen LogP contribution in [0.3, 0.4) is 0 Å². The zero-order valence-electron chi connectivity index (χ0n) is 33.6. The molecule has 0 aliphatic heterocycles. The third kappa shape index (κ3) is 5.19. The average Bonchev–Trinajstić information content (AvgIpc) is 4.01. The molecule has 0 bridgehead atoms. The monoisotopic (exact) mass is 820 g/mol. The summed E-state index contributed by atoms with van der Waals surface area (Å²) in [5.74, 6) is 1.82. The Morgan fingerprint density at radius 3 is 1.71 bits per heavy atom. The van der Waals surface area contributed by atoms with Crippen LogP contribution in [0.5, 0.6) is 0 Å². The van der Waals surface area contributed by atoms with Crippen molar-refractivity contribution in [2.45, 2.75) is 0 Å². The Labute approximate surface area is 363 Å². The van der Waals surface area contributed by atoms with E-state index in [1.54, 1.807) is 11.3 Å². The van der Waals surface area contributed by atoms with E-state index in [9.17, 15) is 0 Å². The number of hydrogen-bond donors (Lipinski definition) is 0. The van der Waals surface area contributed by atoms with Crippen LogP contribution in [0.25, 0.3) is 136 Å². The van der Waals surface area contributed by atoms with Crippen molar-refractivity contribution in [2.24, 2.45) is 0 Å². The maximum Gasteiger partial charge on any atom is 0.164 e. The lowest BCUT2D eigenvalue weighted by Gasteiger charge is -2.14. The van der Waals surface area contributed by atoms with Crippen molar-refractivity contribution in [2.75, 3.05) is 0 Å². The first-order valence-electron chi connectivity index (χ1n) is 21.2. The highest BCUT2D eigenvalue weighted by molar-refractivity contribution is 7.25. The number of thiophene rings is 1. The Bertz CT molecular complexity index is 4130. The fraction of sp³-hybridized carbons (Fsp3) is 0. The molecule has 4 heterocycles. The van der Waals surface area contributed by atoms with E-state index < -0.39 is 0 Å². The summed E-state index contributed by atoms with van der Waals surface area (Å²) in [7, 11) is 0. The maximum absolute atomic E-state index is 6.67. The molecule has 14 rings (SSSR count). The average molecular weight is 821 g/mol. The molecule has 0 aliphatic carbocycles. The van der Waals surface area contributed by atoms with Gasteiger partial charge >= 0.3 is 0 Å². The summed E-state index contributed by atoms with van der Waals surface area (Å²) in [5.41, 5.74) is 7.75. The molecule has 0 aliphatic rings. The lowest BCUT2D eigenvalue weighted by molar-refractivity contribution is 0.669. The van der Waals surface area contributed by atoms with Gasteiger partial charge in [0.15, 0.2) is 17.5 Å². The van der Waals surface area contributed by atoms with Crippen molar-refractivity contribution < 1.29 is 4.42 Å². The van der Waals surface area contributed by atoms with Crippen LogP contribution in [0.2, 0.25) is 0 Å². The number of para-hydroxylation sites is 1. The van der Waals surface area contributed by atoms with E-state index >= 15 is 0 Å². The Morgan fingerprint density at radius 1 is 0.365 bits per heavy atom. The first-order chi connectivity index (χ1) is 31.2. The fourth-order valence-corrected chi connectivity index (χ4v) is 11.0. The largest absolute Gasteiger partial charge is 0.456 e. The van der Waals surface area contributed by atoms with Gasteiger partial charge in [0.1, 0.15) is 11.2 Å². The van der Waals surface area contributed by atoms with Gasteiger partial charge in [-0.15, -0.1) is 11.3 Å². The van der Waals surface area contributed by atoms with E-state index in [4.69, 9.17) is 19.4 Å². The van der Waals surface area contributed by atoms with Crippen molar-refractivity contribution >= 4 is 108 Å². The van der Waals surface area contributed by atoms with Crippen LogP contribution in [-0.4, -0.2) is 19.5 Å². The topological polar surface area (TPSA) is 56.7 Å². The smallest absolute Gasteiger partial charge is 0.164 e. The van der Waals surface area contributed by atoms with Crippen molar-refractivity contribution in [1.29, 1.82) is 0 Å². The molecule has 0 amide bonds. The molecule has 0 radical (unpaired) electrons. The number of aromatic nitrogens is 4. The summed E-state index contributed by atoms with van der Waals surface area (Å²) in [6.07, 6.45) is 0. The number of rotatable bonds is 4. The Balaban J connectivity index is 1.10. The maximum atomic E-state index is 6.67. The standard InChI is InChI=1S/C57H32N4OS/c1-2-13-33(14-3-1)55-58-56(42-21-12-24-52-54(42)41-20-9-11-23-51(41)63-52)60-57(59-55)46-32-50-53(40-19-8-10-22-49(40)62-50)39-26-25-38(31-43(39)46)61-47-29-36-17-6-4-15-34(36)27-44(47)45-28-35-16-5-7-18-37(35)30-48(45)61/h1-32H. The zero-order valence-corrected chi connectivity index (χ0v) is 34.4. The van der Waals surface area contributed by atoms with Crippen molar-refractivity contribution in [1.82, 2.24) is 19.5 Å². The van der Waals surface area contributed by atoms with Gasteiger partial charge in [-0.25, -0.2) is 15.0 Å². The van der Waals surface area contributed by atoms with Crippen LogP contribution in [0.4, 0.5) is 0 Å². The van der Waals surface area contributed by atoms with Gasteiger partial charge in [0.05, 0.1) is 11.0 Å². The lowest BCUT2D eigenvalue weighted by atomic mass is 9.97. The first kappa shape index (κ1) is 34.5. The van der Waals surface area contributed by atoms with Crippen LogP contribution in [0.15, 0.2) is 199 Å². The number of nitrogens with zero attached hydrogens (tertiary/aromatic N) is 4. The molecule has 5 nitrogen and oxygen atoms in total. The van der Waals surface area contributed by atoms with E-state index in [-0.39, 0.29) is 0 Å². The van der Waals surface area contributed by atoms with E-state index in [1.165, 1.54) is 47.1 Å². The van der Waals surface area contributed by atoms with Gasteiger partial charge < -0.3 is 8.98 Å². The molecule has 292 valence electrons. The summed E-state index contributed by atoms with van der Waals surface area (Å²) >= 11 is 1.79. The third-order valence-electron chi connectivity index (χ3n) is 12.8. The van der Waals surface area contributed by atoms with Gasteiger partial charge in [0.2, 0.25) is 0 Å². The Kier molecular flexibility index (Phi) is 7.21. The summed E-state index contributed by atoms with van der Waals surface area (Å²) in [6.45, 7) is 0. The number of benzene rings is 10. The molecule has 0 fully saturated rings. The predicted molar refractivity (Wildman–Crippen MR) is 263 cm³/mol. The summed E-state index contributed by atoms with van der Waals surface area (Å²) < 4.78 is 11.5. The molecule has 0 atom stereocenters. The van der Waals surface area contributed by atoms with Crippen LogP contribution in [-0.2, 0) is 0 Å². The summed E-state index contributed by atoms with van der Waals surface area (Å²) in [4.78, 5) is 16.0. The van der Waals surface area contributed by atoms with Crippen LogP contribution >= 0.6 is 11.3 Å². The van der Waals surface area contributed by atoms with E-state index in [2.05, 4.69) is 168 Å². The second kappa shape index (κ2) is 13.2. The SMILES string of the molecule is c1ccc(-c2nc(-c3cc4oc5ccccc5c4c4ccc(-n5c6cc7ccccc7cc6c6cc7ccccc7cc65)cc34)nc(-c3cccc4sc5ccccc5c34)n2)cc1. The minimum Gasteiger partial charge on any atom is -0.456 e. The fourth-order valence-electron chi connectivity index (χ4n) is 9.91. The molecule has 6 heteroatoms. The minimum atomic E-state index is 0.583. The molecular weight excluding hydrogens is 789 g/mol. The molecule has 63 heavy (non-hydrogen) atoms. The van der Waals surface area contributed by atoms with E-state index in [0.29, 0.717) is 17.5 Å². The molecule has 10 aromatic carbocycles. The number of hydrogen-bond acceptors (Lipinski definition) is 5. The van der Waals surface area contributed by atoms with Gasteiger partial charge in [0, 0.05) is 64.1 Å². The van der Waals surface area contributed by atoms with Gasteiger partial charge in [-0.05, 0) is 93.0 Å². The van der Waals surface area contributed by atoms with Crippen LogP contribution < -0.4 is 0 Å². The molecular formula is C57H32N4OS. The number of fused-ring (bicyclic) bond motifs is 13. The zero-order chi connectivity index (χ0) is 41.2. The lowest BCUT2D eigenvalue weighted by Crippen LogP contribution is -2.01. The second-order valence-electron chi connectivity index (χ2n) is 16.3. The molecule has 0 unspecified atom stereocenters. The third-order valence-corrected chi connectivity index (χ3v) is 13.9. The highest BCUT2D eigenvalue weighted by atomic mass is 32.1. The highest BCUT2D eigenvalue weighted by Gasteiger charge is 2.22. The van der Waals surface area contributed by atoms with Crippen molar-refractivity contribution in [3.05, 3.63) is 194 Å². The Morgan fingerprint density at radius 2 is 0.968 bits per heavy atom. The molecule has 4 aromatic heterocycles. The van der Waals surface area contributed by atoms with E-state index in [0.717, 1.165) is 71.5 Å². The van der Waals surface area contributed by atoms with Crippen LogP contribution in [0.1, 0.15) is 0 Å². The van der Waals surface area contributed by atoms with E-state index in [1.807, 2.05) is 30.3 Å². The van der Waals surface area contributed by atoms with Gasteiger partial charge in [0.25, 0.3) is 0 Å². The predicted octanol–water partition coefficient (Wildman–Crippen LogP) is 15.7. The molecule has 0 saturated carbocycles. The van der Waals surface area contributed by atoms with Crippen molar-refractivity contribution in [3.63, 3.8) is 0 Å². The Hall–Kier alpha value is -8.19. The first-order valence-corrected chi connectivity index (χ1v) is 22.0. The van der Waals surface area contributed by atoms with Crippen molar-refractivity contribution in [3.8, 4) is 39.9 Å². The normalized spacial score (nSPS) is 12.1.